The van der Waals surface area contributed by atoms with E-state index in [-0.39, 0.29) is 67.5 Å². The van der Waals surface area contributed by atoms with Gasteiger partial charge in [-0.1, -0.05) is 41.0 Å². The molecule has 0 unspecified atom stereocenters. The van der Waals surface area contributed by atoms with Gasteiger partial charge in [-0.05, 0) is 55.1 Å². The third-order valence-electron chi connectivity index (χ3n) is 7.92. The molecule has 3 amide bonds. The van der Waals surface area contributed by atoms with E-state index in [0.717, 1.165) is 23.5 Å². The van der Waals surface area contributed by atoms with Crippen molar-refractivity contribution in [2.45, 2.75) is 53.4 Å². The number of halogens is 6. The number of nitrogens with zero attached hydrogens (tertiary/aromatic N) is 4. The predicted molar refractivity (Wildman–Crippen MR) is 165 cm³/mol. The Morgan fingerprint density at radius 2 is 1.89 bits per heavy atom. The average molecular weight is 712 g/mol. The first-order chi connectivity index (χ1) is 21.8. The molecule has 0 radical (unpaired) electrons. The van der Waals surface area contributed by atoms with E-state index in [0.29, 0.717) is 24.7 Å². The van der Waals surface area contributed by atoms with Crippen LogP contribution in [0.15, 0.2) is 44.9 Å². The van der Waals surface area contributed by atoms with E-state index in [2.05, 4.69) is 0 Å². The molecule has 9 nitrogen and oxygen atoms in total. The lowest BCUT2D eigenvalue weighted by Gasteiger charge is -2.36. The maximum absolute atomic E-state index is 16.0. The van der Waals surface area contributed by atoms with E-state index in [1.165, 1.54) is 23.1 Å². The van der Waals surface area contributed by atoms with E-state index in [4.69, 9.17) is 34.8 Å². The summed E-state index contributed by atoms with van der Waals surface area (Å²) in [5.74, 6) is -3.02. The van der Waals surface area contributed by atoms with Crippen molar-refractivity contribution < 1.29 is 32.4 Å². The maximum atomic E-state index is 16.0. The fraction of sp³-hybridized carbons (Fsp3) is 0.300. The van der Waals surface area contributed by atoms with Crippen molar-refractivity contribution in [3.8, 4) is 11.8 Å². The summed E-state index contributed by atoms with van der Waals surface area (Å²) in [6, 6.07) is 8.27. The molecule has 1 aliphatic carbocycles. The van der Waals surface area contributed by atoms with Gasteiger partial charge in [0.15, 0.2) is 23.7 Å². The molecule has 2 N–H and O–H groups in total. The number of nitriles is 1. The van der Waals surface area contributed by atoms with Crippen molar-refractivity contribution in [1.82, 2.24) is 9.88 Å². The number of hydrogen-bond donors (Lipinski definition) is 2. The van der Waals surface area contributed by atoms with E-state index in [1.54, 1.807) is 11.0 Å². The lowest BCUT2D eigenvalue weighted by molar-refractivity contribution is -0.441. The summed E-state index contributed by atoms with van der Waals surface area (Å²) in [7, 11) is 0. The zero-order chi connectivity index (χ0) is 33.1. The molecule has 1 saturated carbocycles. The van der Waals surface area contributed by atoms with Gasteiger partial charge in [0.1, 0.15) is 12.1 Å². The number of phenols is 1. The maximum Gasteiger partial charge on any atom is 0.426 e. The molecule has 16 heteroatoms. The summed E-state index contributed by atoms with van der Waals surface area (Å²) in [6.45, 7) is 0.413. The van der Waals surface area contributed by atoms with E-state index in [9.17, 15) is 33.5 Å². The van der Waals surface area contributed by atoms with Crippen molar-refractivity contribution in [1.29, 1.82) is 5.26 Å². The number of urea groups is 1. The highest BCUT2D eigenvalue weighted by Crippen LogP contribution is 2.43. The van der Waals surface area contributed by atoms with E-state index in [1.807, 2.05) is 11.1 Å². The number of rotatable bonds is 7. The third kappa shape index (κ3) is 5.72. The number of fused-ring (bicyclic) bond motifs is 1. The van der Waals surface area contributed by atoms with E-state index >= 15 is 4.39 Å². The van der Waals surface area contributed by atoms with Crippen LogP contribution in [0.1, 0.15) is 52.9 Å². The summed E-state index contributed by atoms with van der Waals surface area (Å²) in [4.78, 5) is 45.5. The Morgan fingerprint density at radius 3 is 2.52 bits per heavy atom. The van der Waals surface area contributed by atoms with Crippen LogP contribution in [0.4, 0.5) is 23.7 Å². The molecule has 1 aromatic heterocycles. The van der Waals surface area contributed by atoms with Crippen LogP contribution in [-0.2, 0) is 11.9 Å². The van der Waals surface area contributed by atoms with Gasteiger partial charge in [0.25, 0.3) is 5.56 Å². The van der Waals surface area contributed by atoms with Crippen LogP contribution in [0, 0.1) is 17.1 Å². The van der Waals surface area contributed by atoms with E-state index < -0.39 is 46.1 Å². The zero-order valence-electron chi connectivity index (χ0n) is 23.6. The van der Waals surface area contributed by atoms with Crippen LogP contribution in [0.3, 0.4) is 0 Å². The number of nitrogens with one attached hydrogen (secondary N) is 1. The second-order valence-electron chi connectivity index (χ2n) is 10.9. The molecular formula is C30H22Cl3F3N5O4S+. The fourth-order valence-electron chi connectivity index (χ4n) is 5.66. The Hall–Kier alpha value is -3.70. The lowest BCUT2D eigenvalue weighted by atomic mass is 10.0. The van der Waals surface area contributed by atoms with Crippen LogP contribution in [-0.4, -0.2) is 56.3 Å². The van der Waals surface area contributed by atoms with Gasteiger partial charge in [-0.15, -0.1) is 0 Å². The molecule has 2 aliphatic heterocycles. The molecular weight excluding hydrogens is 690 g/mol. The summed E-state index contributed by atoms with van der Waals surface area (Å²) < 4.78 is 45.3. The third-order valence-corrected chi connectivity index (χ3v) is 10.2. The average Bonchev–Trinajstić information content (AvgIpc) is 3.77. The van der Waals surface area contributed by atoms with Crippen molar-refractivity contribution in [2.75, 3.05) is 18.0 Å². The van der Waals surface area contributed by atoms with Crippen LogP contribution >= 0.6 is 46.6 Å². The Morgan fingerprint density at radius 1 is 1.20 bits per heavy atom. The number of phenolic OH excluding ortho intramolecular Hbond substituents is 1. The largest absolute Gasteiger partial charge is 0.503 e. The van der Waals surface area contributed by atoms with Gasteiger partial charge >= 0.3 is 17.3 Å². The first kappa shape index (κ1) is 32.2. The molecule has 1 saturated heterocycles. The monoisotopic (exact) mass is 710 g/mol. The quantitative estimate of drug-likeness (QED) is 0.205. The van der Waals surface area contributed by atoms with Crippen LogP contribution in [0.2, 0.25) is 10.0 Å². The molecule has 238 valence electrons. The molecule has 3 aromatic rings. The fourth-order valence-corrected chi connectivity index (χ4v) is 7.40. The Balaban J connectivity index is 1.45. The van der Waals surface area contributed by atoms with Crippen molar-refractivity contribution >= 4 is 69.9 Å². The number of hydrogen-bond acceptors (Lipinski definition) is 6. The number of aromatic nitrogens is 1. The normalized spacial score (nSPS) is 16.6. The minimum absolute atomic E-state index is 0.0895. The molecule has 3 heterocycles. The molecule has 0 atom stereocenters. The van der Waals surface area contributed by atoms with Gasteiger partial charge in [0.2, 0.25) is 5.71 Å². The number of carbonyl (C=O) groups excluding carboxylic acids is 2. The number of anilines is 1. The molecule has 3 aliphatic rings. The van der Waals surface area contributed by atoms with Gasteiger partial charge in [0.05, 0.1) is 27.4 Å². The number of aromatic hydroxyl groups is 1. The highest BCUT2D eigenvalue weighted by atomic mass is 35.5. The second kappa shape index (κ2) is 12.2. The molecule has 2 fully saturated rings. The summed E-state index contributed by atoms with van der Waals surface area (Å²) >= 11 is 18.5. The second-order valence-corrected chi connectivity index (χ2v) is 13.2. The van der Waals surface area contributed by atoms with Gasteiger partial charge in [-0.25, -0.2) is 14.0 Å². The summed E-state index contributed by atoms with van der Waals surface area (Å²) in [5, 5.41) is 16.8. The predicted octanol–water partition coefficient (Wildman–Crippen LogP) is 6.83. The first-order valence-corrected chi connectivity index (χ1v) is 15.9. The smallest absolute Gasteiger partial charge is 0.426 e. The number of aromatic amines is 1. The van der Waals surface area contributed by atoms with Gasteiger partial charge in [-0.3, -0.25) is 9.69 Å². The number of alkyl halides is 3. The van der Waals surface area contributed by atoms with Crippen LogP contribution in [0.25, 0.3) is 0 Å². The topological polar surface area (TPSA) is 121 Å². The summed E-state index contributed by atoms with van der Waals surface area (Å²) in [6.07, 6.45) is 1.80. The van der Waals surface area contributed by atoms with Gasteiger partial charge in [-0.2, -0.15) is 18.6 Å². The van der Waals surface area contributed by atoms with Crippen molar-refractivity contribution in [2.24, 2.45) is 0 Å². The Bertz CT molecular complexity index is 1940. The highest BCUT2D eigenvalue weighted by Gasteiger charge is 2.44. The van der Waals surface area contributed by atoms with Crippen LogP contribution < -0.4 is 10.5 Å². The van der Waals surface area contributed by atoms with Gasteiger partial charge < -0.3 is 15.0 Å². The summed E-state index contributed by atoms with van der Waals surface area (Å²) in [5.41, 5.74) is -3.17. The molecule has 0 bridgehead atoms. The minimum atomic E-state index is -4.01. The SMILES string of the molecule is N#CCC1=[N+](C(=O)c2c(Sc3c(Cl)cccc3Cl)cc(C(F)(F)Cl)[nH]c2=O)Cc2cc(N3CCCN(C4CC4)C3=O)c(O)c(F)c21. The van der Waals surface area contributed by atoms with Crippen molar-refractivity contribution in [3.63, 3.8) is 0 Å². The number of H-pyrrole nitrogens is 1. The molecule has 0 spiro atoms. The van der Waals surface area contributed by atoms with Crippen molar-refractivity contribution in [3.05, 3.63) is 78.9 Å². The standard InChI is InChI=1S/C30H21Cl3F3N5O4S/c31-16-3-1-4-17(32)26(16)46-20-12-21(30(33,35)36)38-27(43)23(20)28(44)41-13-14-11-19(25(42)24(34)22(14)18(41)7-8-37)40-10-2-9-39(29(40)45)15-5-6-15/h1,3-4,11-12,15H,2,5-7,9-10,13H2,(H-,38,42,43,44)/p+1. The number of carbonyl (C=O) groups is 2. The van der Waals surface area contributed by atoms with Gasteiger partial charge in [0, 0.05) is 34.5 Å². The number of benzene rings is 2. The molecule has 6 rings (SSSR count). The number of amides is 3. The number of pyridine rings is 1. The Kier molecular flexibility index (Phi) is 8.52. The van der Waals surface area contributed by atoms with Crippen LogP contribution in [0.5, 0.6) is 5.75 Å². The zero-order valence-corrected chi connectivity index (χ0v) is 26.6. The lowest BCUT2D eigenvalue weighted by Crippen LogP contribution is -2.50. The minimum Gasteiger partial charge on any atom is -0.503 e. The Labute approximate surface area is 278 Å². The molecule has 46 heavy (non-hydrogen) atoms. The molecule has 2 aromatic carbocycles. The first-order valence-electron chi connectivity index (χ1n) is 14.0. The highest BCUT2D eigenvalue weighted by molar-refractivity contribution is 7.99.